The summed E-state index contributed by atoms with van der Waals surface area (Å²) in [7, 11) is 0. The molecule has 0 unspecified atom stereocenters. The zero-order valence-corrected chi connectivity index (χ0v) is 21.9. The summed E-state index contributed by atoms with van der Waals surface area (Å²) in [6, 6.07) is 17.5. The van der Waals surface area contributed by atoms with Crippen LogP contribution in [0.3, 0.4) is 0 Å². The van der Waals surface area contributed by atoms with Gasteiger partial charge < -0.3 is 9.84 Å². The number of carboxylic acids is 1. The second-order valence-corrected chi connectivity index (χ2v) is 9.55. The first-order chi connectivity index (χ1) is 16.9. The van der Waals surface area contributed by atoms with Gasteiger partial charge in [0.05, 0.1) is 27.2 Å². The van der Waals surface area contributed by atoms with Crippen LogP contribution in [-0.2, 0) is 13.0 Å². The second kappa shape index (κ2) is 11.0. The van der Waals surface area contributed by atoms with Crippen LogP contribution >= 0.6 is 31.9 Å². The van der Waals surface area contributed by atoms with Crippen molar-refractivity contribution in [1.29, 1.82) is 0 Å². The molecule has 0 saturated carbocycles. The van der Waals surface area contributed by atoms with Crippen LogP contribution in [-0.4, -0.2) is 27.0 Å². The van der Waals surface area contributed by atoms with Crippen molar-refractivity contribution in [2.75, 3.05) is 0 Å². The summed E-state index contributed by atoms with van der Waals surface area (Å²) >= 11 is 6.93. The minimum Gasteiger partial charge on any atom is -0.488 e. The van der Waals surface area contributed by atoms with E-state index in [9.17, 15) is 9.59 Å². The van der Waals surface area contributed by atoms with Crippen LogP contribution in [0.15, 0.2) is 79.5 Å². The predicted molar refractivity (Wildman–Crippen MR) is 143 cm³/mol. The molecule has 0 fully saturated rings. The highest BCUT2D eigenvalue weighted by Gasteiger charge is 2.11. The van der Waals surface area contributed by atoms with E-state index >= 15 is 0 Å². The summed E-state index contributed by atoms with van der Waals surface area (Å²) in [5.41, 5.74) is 2.29. The highest BCUT2D eigenvalue weighted by Crippen LogP contribution is 2.26. The molecule has 0 aliphatic heterocycles. The minimum absolute atomic E-state index is 0.219. The molecule has 0 radical (unpaired) electrons. The van der Waals surface area contributed by atoms with Crippen LogP contribution in [0.4, 0.5) is 0 Å². The first kappa shape index (κ1) is 24.8. The summed E-state index contributed by atoms with van der Waals surface area (Å²) in [5, 5.41) is 14.0. The lowest BCUT2D eigenvalue weighted by Gasteiger charge is -2.10. The number of fused-ring (bicyclic) bond motifs is 1. The normalized spacial score (nSPS) is 11.3. The maximum absolute atomic E-state index is 13.1. The Morgan fingerprint density at radius 1 is 1.11 bits per heavy atom. The van der Waals surface area contributed by atoms with Crippen LogP contribution < -0.4 is 10.3 Å². The zero-order chi connectivity index (χ0) is 24.9. The van der Waals surface area contributed by atoms with Gasteiger partial charge in [0.15, 0.2) is 0 Å². The summed E-state index contributed by atoms with van der Waals surface area (Å²) in [6.45, 7) is 2.32. The molecule has 1 N–H and O–H groups in total. The lowest BCUT2D eigenvalue weighted by molar-refractivity contribution is 0.0697. The standard InChI is InChI=1S/C26H21Br2N3O4/c1-2-3-24-30-22-10-9-19(27)13-20(22)25(32)31(24)29-14-17-6-11-23(21(28)12-17)35-15-16-4-7-18(8-5-16)26(33)34/h4-14H,2-3,15H2,1H3,(H,33,34). The Balaban J connectivity index is 1.55. The number of aryl methyl sites for hydroxylation is 1. The average Bonchev–Trinajstić information content (AvgIpc) is 2.84. The molecule has 0 saturated heterocycles. The summed E-state index contributed by atoms with van der Waals surface area (Å²) in [6.07, 6.45) is 3.08. The van der Waals surface area contributed by atoms with Gasteiger partial charge in [-0.3, -0.25) is 4.79 Å². The molecule has 0 spiro atoms. The third-order valence-corrected chi connectivity index (χ3v) is 6.34. The van der Waals surface area contributed by atoms with Gasteiger partial charge in [-0.15, -0.1) is 0 Å². The van der Waals surface area contributed by atoms with Gasteiger partial charge in [-0.25, -0.2) is 9.78 Å². The Morgan fingerprint density at radius 2 is 1.89 bits per heavy atom. The largest absolute Gasteiger partial charge is 0.488 e. The first-order valence-electron chi connectivity index (χ1n) is 10.9. The number of hydrogen-bond donors (Lipinski definition) is 1. The molecule has 0 atom stereocenters. The first-order valence-corrected chi connectivity index (χ1v) is 12.4. The lowest BCUT2D eigenvalue weighted by Crippen LogP contribution is -2.22. The fraction of sp³-hybridized carbons (Fsp3) is 0.154. The SMILES string of the molecule is CCCc1nc2ccc(Br)cc2c(=O)n1N=Cc1ccc(OCc2ccc(C(=O)O)cc2)c(Br)c1. The molecule has 1 aromatic heterocycles. The fourth-order valence-electron chi connectivity index (χ4n) is 3.44. The number of ether oxygens (including phenoxy) is 1. The van der Waals surface area contributed by atoms with Crippen molar-refractivity contribution < 1.29 is 14.6 Å². The van der Waals surface area contributed by atoms with E-state index < -0.39 is 5.97 Å². The van der Waals surface area contributed by atoms with Crippen molar-refractivity contribution in [3.8, 4) is 5.75 Å². The molecule has 0 bridgehead atoms. The van der Waals surface area contributed by atoms with Gasteiger partial charge in [-0.05, 0) is 82.0 Å². The van der Waals surface area contributed by atoms with Crippen LogP contribution in [0.1, 0.15) is 40.7 Å². The van der Waals surface area contributed by atoms with E-state index in [1.54, 1.807) is 36.5 Å². The highest BCUT2D eigenvalue weighted by molar-refractivity contribution is 9.10. The van der Waals surface area contributed by atoms with Crippen molar-refractivity contribution in [2.24, 2.45) is 5.10 Å². The van der Waals surface area contributed by atoms with E-state index in [1.807, 2.05) is 37.3 Å². The smallest absolute Gasteiger partial charge is 0.335 e. The van der Waals surface area contributed by atoms with Gasteiger partial charge in [0.2, 0.25) is 0 Å². The summed E-state index contributed by atoms with van der Waals surface area (Å²) in [4.78, 5) is 28.7. The number of hydrogen-bond acceptors (Lipinski definition) is 5. The van der Waals surface area contributed by atoms with Crippen molar-refractivity contribution in [3.63, 3.8) is 0 Å². The maximum atomic E-state index is 13.1. The highest BCUT2D eigenvalue weighted by atomic mass is 79.9. The number of halogens is 2. The van der Waals surface area contributed by atoms with Crippen LogP contribution in [0, 0.1) is 0 Å². The fourth-order valence-corrected chi connectivity index (χ4v) is 4.31. The lowest BCUT2D eigenvalue weighted by atomic mass is 10.1. The molecule has 1 heterocycles. The summed E-state index contributed by atoms with van der Waals surface area (Å²) in [5.74, 6) is 0.274. The van der Waals surface area contributed by atoms with E-state index in [0.717, 1.165) is 26.5 Å². The van der Waals surface area contributed by atoms with Crippen LogP contribution in [0.2, 0.25) is 0 Å². The molecule has 4 rings (SSSR count). The molecular weight excluding hydrogens is 578 g/mol. The van der Waals surface area contributed by atoms with Crippen LogP contribution in [0.25, 0.3) is 10.9 Å². The third kappa shape index (κ3) is 5.86. The molecule has 9 heteroatoms. The number of nitrogens with zero attached hydrogens (tertiary/aromatic N) is 3. The molecule has 0 amide bonds. The molecular formula is C26H21Br2N3O4. The van der Waals surface area contributed by atoms with Gasteiger partial charge in [0, 0.05) is 10.9 Å². The molecule has 7 nitrogen and oxygen atoms in total. The molecule has 4 aromatic rings. The maximum Gasteiger partial charge on any atom is 0.335 e. The topological polar surface area (TPSA) is 93.8 Å². The Morgan fingerprint density at radius 3 is 2.57 bits per heavy atom. The number of aromatic nitrogens is 2. The van der Waals surface area contributed by atoms with Crippen molar-refractivity contribution in [2.45, 2.75) is 26.4 Å². The van der Waals surface area contributed by atoms with Crippen molar-refractivity contribution in [3.05, 3.63) is 102 Å². The number of carboxylic acid groups (broad SMARTS) is 1. The Labute approximate surface area is 218 Å². The van der Waals surface area contributed by atoms with Gasteiger partial charge in [-0.2, -0.15) is 9.78 Å². The van der Waals surface area contributed by atoms with Gasteiger partial charge in [-0.1, -0.05) is 35.0 Å². The van der Waals surface area contributed by atoms with E-state index in [-0.39, 0.29) is 11.1 Å². The number of aromatic carboxylic acids is 1. The average molecular weight is 599 g/mol. The number of benzene rings is 3. The monoisotopic (exact) mass is 597 g/mol. The molecule has 178 valence electrons. The van der Waals surface area contributed by atoms with Crippen LogP contribution in [0.5, 0.6) is 5.75 Å². The Hall–Kier alpha value is -3.30. The second-order valence-electron chi connectivity index (χ2n) is 7.78. The summed E-state index contributed by atoms with van der Waals surface area (Å²) < 4.78 is 8.75. The van der Waals surface area contributed by atoms with Crippen molar-refractivity contribution >= 4 is 54.9 Å². The van der Waals surface area contributed by atoms with Gasteiger partial charge in [0.25, 0.3) is 5.56 Å². The Bertz CT molecular complexity index is 1480. The van der Waals surface area contributed by atoms with E-state index in [1.165, 1.54) is 4.68 Å². The van der Waals surface area contributed by atoms with E-state index in [0.29, 0.717) is 35.5 Å². The Kier molecular flexibility index (Phi) is 7.77. The number of carbonyl (C=O) groups is 1. The van der Waals surface area contributed by atoms with Crippen molar-refractivity contribution in [1.82, 2.24) is 9.66 Å². The van der Waals surface area contributed by atoms with E-state index in [4.69, 9.17) is 9.84 Å². The predicted octanol–water partition coefficient (Wildman–Crippen LogP) is 6.03. The molecule has 3 aromatic carbocycles. The molecule has 0 aliphatic rings. The molecule has 35 heavy (non-hydrogen) atoms. The quantitative estimate of drug-likeness (QED) is 0.250. The number of rotatable bonds is 8. The molecule has 0 aliphatic carbocycles. The van der Waals surface area contributed by atoms with E-state index in [2.05, 4.69) is 41.9 Å². The van der Waals surface area contributed by atoms with Gasteiger partial charge >= 0.3 is 5.97 Å². The minimum atomic E-state index is -0.964. The zero-order valence-electron chi connectivity index (χ0n) is 18.7. The third-order valence-electron chi connectivity index (χ3n) is 5.22. The van der Waals surface area contributed by atoms with Gasteiger partial charge in [0.1, 0.15) is 18.2 Å².